The zero-order valence-corrected chi connectivity index (χ0v) is 10.8. The lowest BCUT2D eigenvalue weighted by Crippen LogP contribution is -2.45. The molecule has 0 saturated carbocycles. The van der Waals surface area contributed by atoms with Crippen LogP contribution in [0.5, 0.6) is 5.75 Å². The van der Waals surface area contributed by atoms with Crippen molar-refractivity contribution in [2.75, 3.05) is 46.4 Å². The summed E-state index contributed by atoms with van der Waals surface area (Å²) in [5.41, 5.74) is 0.607. The first-order chi connectivity index (χ1) is 8.79. The van der Waals surface area contributed by atoms with E-state index in [0.717, 1.165) is 32.7 Å². The second-order valence-electron chi connectivity index (χ2n) is 4.60. The predicted octanol–water partition coefficient (Wildman–Crippen LogP) is 1.18. The smallest absolute Gasteiger partial charge is 0.137 e. The molecule has 0 spiro atoms. The summed E-state index contributed by atoms with van der Waals surface area (Å²) in [5, 5.41) is 8.95. The Kier molecular flexibility index (Phi) is 4.57. The first-order valence-corrected chi connectivity index (χ1v) is 6.32. The lowest BCUT2D eigenvalue weighted by molar-refractivity contribution is 0.133. The van der Waals surface area contributed by atoms with E-state index < -0.39 is 0 Å². The Morgan fingerprint density at radius 2 is 1.94 bits per heavy atom. The zero-order valence-electron chi connectivity index (χ0n) is 10.8. The summed E-state index contributed by atoms with van der Waals surface area (Å²) in [6, 6.07) is 9.53. The molecular weight excluding hydrogens is 226 g/mol. The third-order valence-corrected chi connectivity index (χ3v) is 3.27. The van der Waals surface area contributed by atoms with E-state index in [2.05, 4.69) is 22.9 Å². The fourth-order valence-corrected chi connectivity index (χ4v) is 2.04. The zero-order chi connectivity index (χ0) is 12.8. The highest BCUT2D eigenvalue weighted by molar-refractivity contribution is 5.42. The number of nitrogens with zero attached hydrogens (tertiary/aromatic N) is 3. The SMILES string of the molecule is CN1CCN(CCOc2ccccc2C#N)CC1. The van der Waals surface area contributed by atoms with Crippen molar-refractivity contribution in [1.29, 1.82) is 5.26 Å². The van der Waals surface area contributed by atoms with Crippen LogP contribution in [0.15, 0.2) is 24.3 Å². The van der Waals surface area contributed by atoms with Crippen LogP contribution in [0.25, 0.3) is 0 Å². The van der Waals surface area contributed by atoms with E-state index in [1.165, 1.54) is 0 Å². The van der Waals surface area contributed by atoms with Crippen LogP contribution in [0.3, 0.4) is 0 Å². The number of likely N-dealkylation sites (N-methyl/N-ethyl adjacent to an activating group) is 1. The molecule has 0 bridgehead atoms. The van der Waals surface area contributed by atoms with Crippen molar-refractivity contribution in [2.24, 2.45) is 0 Å². The first-order valence-electron chi connectivity index (χ1n) is 6.32. The van der Waals surface area contributed by atoms with E-state index in [9.17, 15) is 0 Å². The summed E-state index contributed by atoms with van der Waals surface area (Å²) in [6.07, 6.45) is 0. The van der Waals surface area contributed by atoms with Gasteiger partial charge in [-0.2, -0.15) is 5.26 Å². The van der Waals surface area contributed by atoms with Gasteiger partial charge in [0.05, 0.1) is 5.56 Å². The monoisotopic (exact) mass is 245 g/mol. The fraction of sp³-hybridized carbons (Fsp3) is 0.500. The van der Waals surface area contributed by atoms with Crippen molar-refractivity contribution >= 4 is 0 Å². The predicted molar refractivity (Wildman–Crippen MR) is 70.6 cm³/mol. The van der Waals surface area contributed by atoms with Crippen molar-refractivity contribution < 1.29 is 4.74 Å². The number of para-hydroxylation sites is 1. The molecule has 1 heterocycles. The third kappa shape index (κ3) is 3.46. The maximum Gasteiger partial charge on any atom is 0.137 e. The van der Waals surface area contributed by atoms with Gasteiger partial charge in [0.15, 0.2) is 0 Å². The average Bonchev–Trinajstić information content (AvgIpc) is 2.41. The van der Waals surface area contributed by atoms with Gasteiger partial charge in [0.2, 0.25) is 0 Å². The van der Waals surface area contributed by atoms with Crippen molar-refractivity contribution in [2.45, 2.75) is 0 Å². The van der Waals surface area contributed by atoms with E-state index in [0.29, 0.717) is 17.9 Å². The molecule has 1 fully saturated rings. The first kappa shape index (κ1) is 12.9. The Balaban J connectivity index is 1.77. The summed E-state index contributed by atoms with van der Waals surface area (Å²) >= 11 is 0. The molecule has 0 amide bonds. The minimum atomic E-state index is 0.607. The van der Waals surface area contributed by atoms with Crippen molar-refractivity contribution in [3.8, 4) is 11.8 Å². The third-order valence-electron chi connectivity index (χ3n) is 3.27. The number of hydrogen-bond acceptors (Lipinski definition) is 4. The van der Waals surface area contributed by atoms with Crippen LogP contribution < -0.4 is 4.74 Å². The quantitative estimate of drug-likeness (QED) is 0.798. The molecular formula is C14H19N3O. The number of rotatable bonds is 4. The molecule has 1 aliphatic heterocycles. The fourth-order valence-electron chi connectivity index (χ4n) is 2.04. The molecule has 1 aliphatic rings. The number of piperazine rings is 1. The van der Waals surface area contributed by atoms with Crippen LogP contribution in [0.4, 0.5) is 0 Å². The molecule has 0 aliphatic carbocycles. The Labute approximate surface area is 108 Å². The topological polar surface area (TPSA) is 39.5 Å². The molecule has 0 atom stereocenters. The van der Waals surface area contributed by atoms with Crippen LogP contribution in [0, 0.1) is 11.3 Å². The summed E-state index contributed by atoms with van der Waals surface area (Å²) in [6.45, 7) is 6.00. The molecule has 0 unspecified atom stereocenters. The average molecular weight is 245 g/mol. The molecule has 1 aromatic carbocycles. The van der Waals surface area contributed by atoms with Gasteiger partial charge in [-0.15, -0.1) is 0 Å². The highest BCUT2D eigenvalue weighted by Crippen LogP contribution is 2.16. The second kappa shape index (κ2) is 6.39. The Morgan fingerprint density at radius 3 is 2.67 bits per heavy atom. The molecule has 1 saturated heterocycles. The van der Waals surface area contributed by atoms with Crippen molar-refractivity contribution in [3.63, 3.8) is 0 Å². The number of benzene rings is 1. The maximum absolute atomic E-state index is 8.95. The lowest BCUT2D eigenvalue weighted by Gasteiger charge is -2.32. The van der Waals surface area contributed by atoms with E-state index in [-0.39, 0.29) is 0 Å². The lowest BCUT2D eigenvalue weighted by atomic mass is 10.2. The molecule has 0 aromatic heterocycles. The second-order valence-corrected chi connectivity index (χ2v) is 4.60. The molecule has 1 aromatic rings. The summed E-state index contributed by atoms with van der Waals surface area (Å²) < 4.78 is 5.68. The van der Waals surface area contributed by atoms with Crippen LogP contribution in [-0.4, -0.2) is 56.2 Å². The number of ether oxygens (including phenoxy) is 1. The minimum absolute atomic E-state index is 0.607. The van der Waals surface area contributed by atoms with Gasteiger partial charge in [0.1, 0.15) is 18.4 Å². The Hall–Kier alpha value is -1.57. The molecule has 0 N–H and O–H groups in total. The Bertz CT molecular complexity index is 419. The van der Waals surface area contributed by atoms with Gasteiger partial charge in [0.25, 0.3) is 0 Å². The van der Waals surface area contributed by atoms with Gasteiger partial charge >= 0.3 is 0 Å². The standard InChI is InChI=1S/C14H19N3O/c1-16-6-8-17(9-7-16)10-11-18-14-5-3-2-4-13(14)12-15/h2-5H,6-11H2,1H3. The summed E-state index contributed by atoms with van der Waals surface area (Å²) in [5.74, 6) is 0.689. The van der Waals surface area contributed by atoms with Crippen LogP contribution in [0.1, 0.15) is 5.56 Å². The summed E-state index contributed by atoms with van der Waals surface area (Å²) in [4.78, 5) is 4.73. The highest BCUT2D eigenvalue weighted by Gasteiger charge is 2.13. The number of nitriles is 1. The van der Waals surface area contributed by atoms with Gasteiger partial charge in [0, 0.05) is 32.7 Å². The van der Waals surface area contributed by atoms with Crippen LogP contribution >= 0.6 is 0 Å². The largest absolute Gasteiger partial charge is 0.491 e. The summed E-state index contributed by atoms with van der Waals surface area (Å²) in [7, 11) is 2.15. The maximum atomic E-state index is 8.95. The van der Waals surface area contributed by atoms with Crippen molar-refractivity contribution in [3.05, 3.63) is 29.8 Å². The van der Waals surface area contributed by atoms with E-state index >= 15 is 0 Å². The highest BCUT2D eigenvalue weighted by atomic mass is 16.5. The minimum Gasteiger partial charge on any atom is -0.491 e. The van der Waals surface area contributed by atoms with Gasteiger partial charge in [-0.3, -0.25) is 4.90 Å². The molecule has 18 heavy (non-hydrogen) atoms. The van der Waals surface area contributed by atoms with E-state index in [1.54, 1.807) is 6.07 Å². The Morgan fingerprint density at radius 1 is 1.22 bits per heavy atom. The van der Waals surface area contributed by atoms with Gasteiger partial charge in [-0.05, 0) is 19.2 Å². The van der Waals surface area contributed by atoms with Gasteiger partial charge < -0.3 is 9.64 Å². The van der Waals surface area contributed by atoms with Crippen LogP contribution in [0.2, 0.25) is 0 Å². The normalized spacial score (nSPS) is 17.3. The molecule has 4 heteroatoms. The van der Waals surface area contributed by atoms with E-state index in [4.69, 9.17) is 10.00 Å². The van der Waals surface area contributed by atoms with Gasteiger partial charge in [-0.1, -0.05) is 12.1 Å². The molecule has 4 nitrogen and oxygen atoms in total. The van der Waals surface area contributed by atoms with Crippen molar-refractivity contribution in [1.82, 2.24) is 9.80 Å². The molecule has 2 rings (SSSR count). The molecule has 0 radical (unpaired) electrons. The number of hydrogen-bond donors (Lipinski definition) is 0. The van der Waals surface area contributed by atoms with Gasteiger partial charge in [-0.25, -0.2) is 0 Å². The van der Waals surface area contributed by atoms with Crippen LogP contribution in [-0.2, 0) is 0 Å². The molecule has 96 valence electrons. The van der Waals surface area contributed by atoms with E-state index in [1.807, 2.05) is 18.2 Å².